The Balaban J connectivity index is 1.61. The molecule has 134 valence electrons. The number of hydrogen-bond donors (Lipinski definition) is 0. The van der Waals surface area contributed by atoms with Crippen LogP contribution in [-0.2, 0) is 16.1 Å². The van der Waals surface area contributed by atoms with Crippen molar-refractivity contribution in [3.63, 3.8) is 0 Å². The molecular weight excluding hydrogens is 342 g/mol. The van der Waals surface area contributed by atoms with Crippen LogP contribution in [0, 0.1) is 6.92 Å². The number of ether oxygens (including phenoxy) is 2. The number of furan rings is 1. The van der Waals surface area contributed by atoms with Crippen LogP contribution in [0.4, 0.5) is 0 Å². The van der Waals surface area contributed by atoms with Crippen LogP contribution < -0.4 is 4.74 Å². The van der Waals surface area contributed by atoms with Gasteiger partial charge >= 0.3 is 0 Å². The van der Waals surface area contributed by atoms with Gasteiger partial charge in [0.15, 0.2) is 6.61 Å². The molecule has 1 amide bonds. The first-order chi connectivity index (χ1) is 12.1. The zero-order chi connectivity index (χ0) is 17.6. The zero-order valence-corrected chi connectivity index (χ0v) is 15.0. The summed E-state index contributed by atoms with van der Waals surface area (Å²) < 4.78 is 16.9. The van der Waals surface area contributed by atoms with Crippen molar-refractivity contribution in [3.05, 3.63) is 52.9 Å². The van der Waals surface area contributed by atoms with Gasteiger partial charge in [0.25, 0.3) is 5.91 Å². The van der Waals surface area contributed by atoms with E-state index in [1.54, 1.807) is 29.2 Å². The van der Waals surface area contributed by atoms with Crippen molar-refractivity contribution < 1.29 is 18.7 Å². The largest absolute Gasteiger partial charge is 0.484 e. The molecule has 25 heavy (non-hydrogen) atoms. The van der Waals surface area contributed by atoms with Gasteiger partial charge in [-0.15, -0.1) is 0 Å². The number of amides is 1. The molecule has 6 heteroatoms. The van der Waals surface area contributed by atoms with E-state index in [2.05, 4.69) is 0 Å². The molecule has 1 aromatic carbocycles. The summed E-state index contributed by atoms with van der Waals surface area (Å²) in [7, 11) is 0. The Morgan fingerprint density at radius 1 is 1.28 bits per heavy atom. The second kappa shape index (κ2) is 8.41. The standard InChI is InChI=1S/C19H22ClNO4/c1-14-4-7-18(25-14)12-21(11-17-3-2-10-23-17)19(22)13-24-16-8-5-15(20)6-9-16/h4-9,17H,2-3,10-13H2,1H3/t17-/m1/s1. The molecule has 2 heterocycles. The highest BCUT2D eigenvalue weighted by Crippen LogP contribution is 2.18. The van der Waals surface area contributed by atoms with Crippen LogP contribution in [0.2, 0.25) is 5.02 Å². The van der Waals surface area contributed by atoms with Gasteiger partial charge in [0.05, 0.1) is 12.6 Å². The third-order valence-electron chi connectivity index (χ3n) is 4.12. The van der Waals surface area contributed by atoms with Crippen LogP contribution in [0.5, 0.6) is 5.75 Å². The summed E-state index contributed by atoms with van der Waals surface area (Å²) in [6.07, 6.45) is 2.09. The minimum Gasteiger partial charge on any atom is -0.484 e. The van der Waals surface area contributed by atoms with Crippen LogP contribution in [0.25, 0.3) is 0 Å². The van der Waals surface area contributed by atoms with E-state index in [1.807, 2.05) is 19.1 Å². The summed E-state index contributed by atoms with van der Waals surface area (Å²) in [4.78, 5) is 14.4. The van der Waals surface area contributed by atoms with Crippen molar-refractivity contribution in [2.24, 2.45) is 0 Å². The minimum absolute atomic E-state index is 0.0337. The molecule has 0 aliphatic carbocycles. The summed E-state index contributed by atoms with van der Waals surface area (Å²) in [6.45, 7) is 3.57. The number of benzene rings is 1. The molecule has 1 aliphatic heterocycles. The van der Waals surface area contributed by atoms with Crippen molar-refractivity contribution >= 4 is 17.5 Å². The number of aryl methyl sites for hydroxylation is 1. The van der Waals surface area contributed by atoms with Crippen molar-refractivity contribution in [2.45, 2.75) is 32.4 Å². The van der Waals surface area contributed by atoms with Gasteiger partial charge in [0.2, 0.25) is 0 Å². The Kier molecular flexibility index (Phi) is 6.00. The maximum Gasteiger partial charge on any atom is 0.261 e. The van der Waals surface area contributed by atoms with Crippen molar-refractivity contribution in [3.8, 4) is 5.75 Å². The molecule has 1 atom stereocenters. The lowest BCUT2D eigenvalue weighted by Gasteiger charge is -2.24. The highest BCUT2D eigenvalue weighted by Gasteiger charge is 2.24. The summed E-state index contributed by atoms with van der Waals surface area (Å²) >= 11 is 5.86. The summed E-state index contributed by atoms with van der Waals surface area (Å²) in [5.74, 6) is 2.11. The Bertz CT molecular complexity index is 692. The highest BCUT2D eigenvalue weighted by molar-refractivity contribution is 6.30. The maximum absolute atomic E-state index is 12.7. The van der Waals surface area contributed by atoms with Crippen LogP contribution in [0.3, 0.4) is 0 Å². The minimum atomic E-state index is -0.0977. The molecule has 1 saturated heterocycles. The number of carbonyl (C=O) groups excluding carboxylic acids is 1. The number of nitrogens with zero attached hydrogens (tertiary/aromatic N) is 1. The molecule has 0 unspecified atom stereocenters. The summed E-state index contributed by atoms with van der Waals surface area (Å²) in [6, 6.07) is 10.7. The van der Waals surface area contributed by atoms with E-state index in [-0.39, 0.29) is 18.6 Å². The maximum atomic E-state index is 12.7. The number of hydrogen-bond acceptors (Lipinski definition) is 4. The Labute approximate surface area is 152 Å². The smallest absolute Gasteiger partial charge is 0.261 e. The van der Waals surface area contributed by atoms with Gasteiger partial charge in [0, 0.05) is 18.2 Å². The fraction of sp³-hybridized carbons (Fsp3) is 0.421. The molecule has 0 bridgehead atoms. The lowest BCUT2D eigenvalue weighted by molar-refractivity contribution is -0.135. The first-order valence-corrected chi connectivity index (χ1v) is 8.81. The van der Waals surface area contributed by atoms with Crippen LogP contribution in [-0.4, -0.2) is 36.7 Å². The van der Waals surface area contributed by atoms with Gasteiger partial charge in [-0.25, -0.2) is 0 Å². The summed E-state index contributed by atoms with van der Waals surface area (Å²) in [5.41, 5.74) is 0. The zero-order valence-electron chi connectivity index (χ0n) is 14.2. The first kappa shape index (κ1) is 17.8. The molecule has 0 N–H and O–H groups in total. The van der Waals surface area contributed by atoms with E-state index in [0.717, 1.165) is 31.0 Å². The topological polar surface area (TPSA) is 51.9 Å². The monoisotopic (exact) mass is 363 g/mol. The van der Waals surface area contributed by atoms with Crippen molar-refractivity contribution in [2.75, 3.05) is 19.8 Å². The van der Waals surface area contributed by atoms with Gasteiger partial charge in [-0.05, 0) is 56.2 Å². The van der Waals surface area contributed by atoms with Gasteiger partial charge in [-0.2, -0.15) is 0 Å². The molecule has 1 fully saturated rings. The number of carbonyl (C=O) groups is 1. The second-order valence-corrected chi connectivity index (χ2v) is 6.60. The van der Waals surface area contributed by atoms with E-state index in [9.17, 15) is 4.79 Å². The van der Waals surface area contributed by atoms with Gasteiger partial charge in [-0.1, -0.05) is 11.6 Å². The second-order valence-electron chi connectivity index (χ2n) is 6.16. The van der Waals surface area contributed by atoms with E-state index in [1.165, 1.54) is 0 Å². The normalized spacial score (nSPS) is 16.8. The molecule has 0 spiro atoms. The molecule has 3 rings (SSSR count). The third kappa shape index (κ3) is 5.25. The lowest BCUT2D eigenvalue weighted by atomic mass is 10.2. The van der Waals surface area contributed by atoms with E-state index >= 15 is 0 Å². The molecule has 0 saturated carbocycles. The summed E-state index contributed by atoms with van der Waals surface area (Å²) in [5, 5.41) is 0.631. The SMILES string of the molecule is Cc1ccc(CN(C[C@H]2CCCO2)C(=O)COc2ccc(Cl)cc2)o1. The first-order valence-electron chi connectivity index (χ1n) is 8.43. The predicted octanol–water partition coefficient (Wildman–Crippen LogP) is 3.83. The fourth-order valence-corrected chi connectivity index (χ4v) is 2.94. The molecule has 2 aromatic rings. The number of rotatable bonds is 7. The van der Waals surface area contributed by atoms with Gasteiger partial charge < -0.3 is 18.8 Å². The molecule has 1 aliphatic rings. The molecule has 5 nitrogen and oxygen atoms in total. The van der Waals surface area contributed by atoms with E-state index in [4.69, 9.17) is 25.5 Å². The predicted molar refractivity (Wildman–Crippen MR) is 94.8 cm³/mol. The van der Waals surface area contributed by atoms with Crippen LogP contribution >= 0.6 is 11.6 Å². The Hall–Kier alpha value is -1.98. The Morgan fingerprint density at radius 2 is 2.08 bits per heavy atom. The van der Waals surface area contributed by atoms with Crippen LogP contribution in [0.1, 0.15) is 24.4 Å². The van der Waals surface area contributed by atoms with Crippen molar-refractivity contribution in [1.82, 2.24) is 4.90 Å². The van der Waals surface area contributed by atoms with Crippen LogP contribution in [0.15, 0.2) is 40.8 Å². The Morgan fingerprint density at radius 3 is 2.72 bits per heavy atom. The number of halogens is 1. The van der Waals surface area contributed by atoms with Crippen molar-refractivity contribution in [1.29, 1.82) is 0 Å². The van der Waals surface area contributed by atoms with E-state index < -0.39 is 0 Å². The van der Waals surface area contributed by atoms with E-state index in [0.29, 0.717) is 23.9 Å². The quantitative estimate of drug-likeness (QED) is 0.750. The molecule has 0 radical (unpaired) electrons. The molecule has 1 aromatic heterocycles. The highest BCUT2D eigenvalue weighted by atomic mass is 35.5. The lowest BCUT2D eigenvalue weighted by Crippen LogP contribution is -2.39. The third-order valence-corrected chi connectivity index (χ3v) is 4.37. The van der Waals surface area contributed by atoms with Gasteiger partial charge in [0.1, 0.15) is 17.3 Å². The van der Waals surface area contributed by atoms with Gasteiger partial charge in [-0.3, -0.25) is 4.79 Å². The molecular formula is C19H22ClNO4. The average molecular weight is 364 g/mol. The average Bonchev–Trinajstić information content (AvgIpc) is 3.25. The fourth-order valence-electron chi connectivity index (χ4n) is 2.81.